The lowest BCUT2D eigenvalue weighted by Gasteiger charge is -2.01. The fourth-order valence-corrected chi connectivity index (χ4v) is 1.51. The second kappa shape index (κ2) is 6.21. The van der Waals surface area contributed by atoms with Gasteiger partial charge in [-0.25, -0.2) is 0 Å². The maximum Gasteiger partial charge on any atom is 0.307 e. The summed E-state index contributed by atoms with van der Waals surface area (Å²) in [6.07, 6.45) is 4.32. The molecule has 0 unspecified atom stereocenters. The zero-order valence-corrected chi connectivity index (χ0v) is 9.84. The van der Waals surface area contributed by atoms with Gasteiger partial charge in [0.25, 0.3) is 0 Å². The molecule has 1 heterocycles. The van der Waals surface area contributed by atoms with Gasteiger partial charge in [-0.05, 0) is 11.6 Å². The number of nitrogens with zero attached hydrogens (tertiary/aromatic N) is 1. The van der Waals surface area contributed by atoms with Gasteiger partial charge in [0.1, 0.15) is 6.61 Å². The molecule has 0 aromatic heterocycles. The van der Waals surface area contributed by atoms with Gasteiger partial charge in [0, 0.05) is 19.6 Å². The molecule has 90 valence electrons. The highest BCUT2D eigenvalue weighted by Crippen LogP contribution is 2.04. The summed E-state index contributed by atoms with van der Waals surface area (Å²) in [6.45, 7) is 3.44. The minimum absolute atomic E-state index is 0.116. The molecular formula is C14H17NO2. The first kappa shape index (κ1) is 11.9. The standard InChI is InChI=1S/C14H17NO2/c16-14(8-9-15-10-11-15)17-12-4-7-13-5-2-1-3-6-13/h1-7H,8-12H2. The average Bonchev–Trinajstić information content (AvgIpc) is 3.17. The number of esters is 1. The van der Waals surface area contributed by atoms with Crippen LogP contribution in [0.5, 0.6) is 0 Å². The lowest BCUT2D eigenvalue weighted by Crippen LogP contribution is -2.10. The van der Waals surface area contributed by atoms with E-state index in [1.54, 1.807) is 0 Å². The van der Waals surface area contributed by atoms with Gasteiger partial charge >= 0.3 is 5.97 Å². The summed E-state index contributed by atoms with van der Waals surface area (Å²) in [7, 11) is 0. The molecule has 1 aromatic carbocycles. The van der Waals surface area contributed by atoms with Crippen LogP contribution >= 0.6 is 0 Å². The number of hydrogen-bond acceptors (Lipinski definition) is 3. The summed E-state index contributed by atoms with van der Waals surface area (Å²) in [5.41, 5.74) is 1.12. The van der Waals surface area contributed by atoms with Crippen LogP contribution in [0.25, 0.3) is 6.08 Å². The molecule has 0 N–H and O–H groups in total. The number of carbonyl (C=O) groups is 1. The maximum absolute atomic E-state index is 11.3. The van der Waals surface area contributed by atoms with Crippen LogP contribution in [0.1, 0.15) is 12.0 Å². The molecule has 3 heteroatoms. The van der Waals surface area contributed by atoms with Gasteiger partial charge in [0.15, 0.2) is 0 Å². The van der Waals surface area contributed by atoms with Crippen LogP contribution in [0.2, 0.25) is 0 Å². The van der Waals surface area contributed by atoms with Crippen LogP contribution < -0.4 is 0 Å². The molecule has 0 bridgehead atoms. The Morgan fingerprint density at radius 3 is 2.76 bits per heavy atom. The van der Waals surface area contributed by atoms with Crippen LogP contribution in [0.15, 0.2) is 36.4 Å². The van der Waals surface area contributed by atoms with Gasteiger partial charge in [-0.2, -0.15) is 0 Å². The first-order valence-corrected chi connectivity index (χ1v) is 5.94. The van der Waals surface area contributed by atoms with Gasteiger partial charge in [0.2, 0.25) is 0 Å². The van der Waals surface area contributed by atoms with Gasteiger partial charge in [-0.3, -0.25) is 4.79 Å². The summed E-state index contributed by atoms with van der Waals surface area (Å²) in [5.74, 6) is -0.116. The van der Waals surface area contributed by atoms with Gasteiger partial charge in [-0.15, -0.1) is 0 Å². The number of ether oxygens (including phenoxy) is 1. The lowest BCUT2D eigenvalue weighted by atomic mass is 10.2. The van der Waals surface area contributed by atoms with Crippen molar-refractivity contribution in [3.05, 3.63) is 42.0 Å². The molecule has 17 heavy (non-hydrogen) atoms. The van der Waals surface area contributed by atoms with Crippen LogP contribution in [-0.2, 0) is 9.53 Å². The van der Waals surface area contributed by atoms with E-state index in [0.29, 0.717) is 13.0 Å². The molecule has 1 saturated heterocycles. The van der Waals surface area contributed by atoms with Crippen LogP contribution in [-0.4, -0.2) is 37.1 Å². The molecule has 0 aliphatic carbocycles. The smallest absolute Gasteiger partial charge is 0.307 e. The SMILES string of the molecule is O=C(CCN1CC1)OCC=Cc1ccccc1. The molecule has 0 saturated carbocycles. The zero-order chi connectivity index (χ0) is 11.9. The van der Waals surface area contributed by atoms with Crippen molar-refractivity contribution in [1.82, 2.24) is 4.90 Å². The fourth-order valence-electron chi connectivity index (χ4n) is 1.51. The van der Waals surface area contributed by atoms with E-state index in [1.807, 2.05) is 42.5 Å². The topological polar surface area (TPSA) is 29.3 Å². The fraction of sp³-hybridized carbons (Fsp3) is 0.357. The molecule has 1 fully saturated rings. The number of benzene rings is 1. The predicted molar refractivity (Wildman–Crippen MR) is 67.5 cm³/mol. The second-order valence-electron chi connectivity index (χ2n) is 4.09. The van der Waals surface area contributed by atoms with Gasteiger partial charge < -0.3 is 9.64 Å². The van der Waals surface area contributed by atoms with Gasteiger partial charge in [-0.1, -0.05) is 36.4 Å². The van der Waals surface area contributed by atoms with Gasteiger partial charge in [0.05, 0.1) is 6.42 Å². The van der Waals surface area contributed by atoms with Crippen molar-refractivity contribution in [2.75, 3.05) is 26.2 Å². The Morgan fingerprint density at radius 2 is 2.06 bits per heavy atom. The van der Waals surface area contributed by atoms with Crippen molar-refractivity contribution in [3.8, 4) is 0 Å². The van der Waals surface area contributed by atoms with E-state index >= 15 is 0 Å². The highest BCUT2D eigenvalue weighted by molar-refractivity contribution is 5.69. The molecule has 0 radical (unpaired) electrons. The van der Waals surface area contributed by atoms with Crippen molar-refractivity contribution >= 4 is 12.0 Å². The van der Waals surface area contributed by atoms with Crippen LogP contribution in [0.4, 0.5) is 0 Å². The van der Waals surface area contributed by atoms with E-state index < -0.39 is 0 Å². The van der Waals surface area contributed by atoms with E-state index in [9.17, 15) is 4.79 Å². The minimum Gasteiger partial charge on any atom is -0.461 e. The minimum atomic E-state index is -0.116. The summed E-state index contributed by atoms with van der Waals surface area (Å²) in [6, 6.07) is 9.97. The van der Waals surface area contributed by atoms with Crippen molar-refractivity contribution < 1.29 is 9.53 Å². The third-order valence-electron chi connectivity index (χ3n) is 2.62. The highest BCUT2D eigenvalue weighted by atomic mass is 16.5. The Labute approximate surface area is 102 Å². The van der Waals surface area contributed by atoms with E-state index in [-0.39, 0.29) is 5.97 Å². The molecule has 2 rings (SSSR count). The first-order chi connectivity index (χ1) is 8.34. The van der Waals surface area contributed by atoms with E-state index in [2.05, 4.69) is 4.90 Å². The Balaban J connectivity index is 1.61. The maximum atomic E-state index is 11.3. The normalized spacial score (nSPS) is 15.1. The first-order valence-electron chi connectivity index (χ1n) is 5.94. The van der Waals surface area contributed by atoms with Crippen molar-refractivity contribution in [2.24, 2.45) is 0 Å². The predicted octanol–water partition coefficient (Wildman–Crippen LogP) is 1.95. The molecule has 1 aliphatic heterocycles. The number of hydrogen-bond donors (Lipinski definition) is 0. The van der Waals surface area contributed by atoms with Crippen LogP contribution in [0, 0.1) is 0 Å². The summed E-state index contributed by atoms with van der Waals surface area (Å²) < 4.78 is 5.09. The number of rotatable bonds is 6. The molecule has 3 nitrogen and oxygen atoms in total. The summed E-state index contributed by atoms with van der Waals surface area (Å²) in [4.78, 5) is 13.5. The molecule has 0 amide bonds. The third kappa shape index (κ3) is 4.83. The molecule has 1 aliphatic rings. The Bertz CT molecular complexity index is 382. The monoisotopic (exact) mass is 231 g/mol. The second-order valence-corrected chi connectivity index (χ2v) is 4.09. The number of carbonyl (C=O) groups excluding carboxylic acids is 1. The highest BCUT2D eigenvalue weighted by Gasteiger charge is 2.17. The van der Waals surface area contributed by atoms with Crippen molar-refractivity contribution in [1.29, 1.82) is 0 Å². The molecule has 0 spiro atoms. The third-order valence-corrected chi connectivity index (χ3v) is 2.62. The molecule has 1 aromatic rings. The largest absolute Gasteiger partial charge is 0.461 e. The molecule has 0 atom stereocenters. The summed E-state index contributed by atoms with van der Waals surface area (Å²) in [5, 5.41) is 0. The Morgan fingerprint density at radius 1 is 1.29 bits per heavy atom. The molecular weight excluding hydrogens is 214 g/mol. The van der Waals surface area contributed by atoms with Crippen molar-refractivity contribution in [2.45, 2.75) is 6.42 Å². The Kier molecular flexibility index (Phi) is 4.33. The lowest BCUT2D eigenvalue weighted by molar-refractivity contribution is -0.142. The quantitative estimate of drug-likeness (QED) is 0.553. The summed E-state index contributed by atoms with van der Waals surface area (Å²) >= 11 is 0. The van der Waals surface area contributed by atoms with Crippen molar-refractivity contribution in [3.63, 3.8) is 0 Å². The van der Waals surface area contributed by atoms with E-state index in [0.717, 1.165) is 25.2 Å². The Hall–Kier alpha value is -1.61. The van der Waals surface area contributed by atoms with E-state index in [1.165, 1.54) is 0 Å². The van der Waals surface area contributed by atoms with Crippen LogP contribution in [0.3, 0.4) is 0 Å². The average molecular weight is 231 g/mol. The zero-order valence-electron chi connectivity index (χ0n) is 9.84. The van der Waals surface area contributed by atoms with E-state index in [4.69, 9.17) is 4.74 Å².